The van der Waals surface area contributed by atoms with Gasteiger partial charge < -0.3 is 13.9 Å². The van der Waals surface area contributed by atoms with E-state index in [4.69, 9.17) is 9.05 Å². The smallest absolute Gasteiger partial charge is 0.342 e. The third-order valence-corrected chi connectivity index (χ3v) is 7.68. The number of hydrogen-bond acceptors (Lipinski definition) is 4. The van der Waals surface area contributed by atoms with Gasteiger partial charge in [0, 0.05) is 23.1 Å². The first-order valence-corrected chi connectivity index (χ1v) is 12.9. The molecule has 32 heavy (non-hydrogen) atoms. The summed E-state index contributed by atoms with van der Waals surface area (Å²) in [7, 11) is -4.68. The van der Waals surface area contributed by atoms with E-state index < -0.39 is 18.8 Å². The summed E-state index contributed by atoms with van der Waals surface area (Å²) in [4.78, 5) is 14.3. The first kappa shape index (κ1) is 26.7. The molecule has 0 saturated heterocycles. The Hall–Kier alpha value is -1.60. The predicted octanol–water partition coefficient (Wildman–Crippen LogP) is 6.40. The van der Waals surface area contributed by atoms with Crippen LogP contribution in [0.25, 0.3) is 0 Å². The second kappa shape index (κ2) is 12.0. The van der Waals surface area contributed by atoms with Crippen LogP contribution in [-0.4, -0.2) is 37.1 Å². The maximum atomic E-state index is 15.1. The largest absolute Gasteiger partial charge is 0.404 e. The number of hydrogen-bond donors (Lipinski definition) is 0. The fraction of sp³-hybridized carbons (Fsp3) is 0.435. The number of alkyl halides is 2. The molecule has 0 heterocycles. The highest BCUT2D eigenvalue weighted by molar-refractivity contribution is 9.10. The van der Waals surface area contributed by atoms with Crippen LogP contribution in [-0.2, 0) is 36.9 Å². The van der Waals surface area contributed by atoms with Gasteiger partial charge in [-0.1, -0.05) is 58.4 Å². The van der Waals surface area contributed by atoms with Crippen molar-refractivity contribution in [2.45, 2.75) is 39.3 Å². The number of amides is 1. The summed E-state index contributed by atoms with van der Waals surface area (Å²) in [6.07, 6.45) is 0.807. The number of carbonyl (C=O) groups excluding carboxylic acids is 1. The first-order valence-electron chi connectivity index (χ1n) is 10.6. The molecule has 0 bridgehead atoms. The molecule has 0 saturated carbocycles. The van der Waals surface area contributed by atoms with Gasteiger partial charge >= 0.3 is 13.3 Å². The van der Waals surface area contributed by atoms with E-state index in [0.717, 1.165) is 11.1 Å². The molecule has 0 spiro atoms. The van der Waals surface area contributed by atoms with Gasteiger partial charge in [0.15, 0.2) is 0 Å². The normalized spacial score (nSPS) is 12.1. The minimum Gasteiger partial charge on any atom is -0.342 e. The Labute approximate surface area is 196 Å². The molecule has 0 unspecified atom stereocenters. The number of rotatable bonds is 12. The summed E-state index contributed by atoms with van der Waals surface area (Å²) in [6, 6.07) is 13.8. The Balaban J connectivity index is 2.12. The van der Waals surface area contributed by atoms with E-state index in [1.807, 2.05) is 37.3 Å². The van der Waals surface area contributed by atoms with E-state index >= 15 is 8.78 Å². The van der Waals surface area contributed by atoms with Gasteiger partial charge in [-0.15, -0.1) is 0 Å². The summed E-state index contributed by atoms with van der Waals surface area (Å²) in [5.41, 5.74) is -2.56. The summed E-state index contributed by atoms with van der Waals surface area (Å²) in [6.45, 7) is 5.56. The van der Waals surface area contributed by atoms with Crippen LogP contribution in [0, 0.1) is 0 Å². The molecule has 0 fully saturated rings. The molecular weight excluding hydrogens is 503 g/mol. The summed E-state index contributed by atoms with van der Waals surface area (Å²) in [5, 5.41) is 0. The van der Waals surface area contributed by atoms with Gasteiger partial charge in [0.2, 0.25) is 5.91 Å². The zero-order chi connectivity index (χ0) is 23.8. The van der Waals surface area contributed by atoms with Crippen molar-refractivity contribution in [3.63, 3.8) is 0 Å². The molecule has 176 valence electrons. The quantitative estimate of drug-likeness (QED) is 0.297. The molecule has 0 aliphatic rings. The van der Waals surface area contributed by atoms with E-state index in [1.165, 1.54) is 19.9 Å². The fourth-order valence-corrected chi connectivity index (χ4v) is 5.65. The van der Waals surface area contributed by atoms with Crippen molar-refractivity contribution < 1.29 is 27.2 Å². The maximum absolute atomic E-state index is 15.1. The molecule has 2 aromatic rings. The van der Waals surface area contributed by atoms with Crippen LogP contribution < -0.4 is 0 Å². The Morgan fingerprint density at radius 2 is 1.66 bits per heavy atom. The molecule has 0 N–H and O–H groups in total. The standard InChI is InChI=1S/C23H29BrF2NO4P/c1-4-27(22(28)17-18-10-8-7-9-11-18)15-14-19-12-13-20(21(24)16-19)23(25,26)32(29,30-5-2)31-6-3/h7-13,16H,4-6,14-15,17H2,1-3H3. The third-order valence-electron chi connectivity index (χ3n) is 4.90. The number of carbonyl (C=O) groups is 1. The SMILES string of the molecule is CCOP(=O)(OCC)C(F)(F)c1ccc(CCN(CC)C(=O)Cc2ccccc2)cc1Br. The lowest BCUT2D eigenvalue weighted by Crippen LogP contribution is -2.33. The Morgan fingerprint density at radius 3 is 2.19 bits per heavy atom. The van der Waals surface area contributed by atoms with Crippen LogP contribution in [0.1, 0.15) is 37.5 Å². The average Bonchev–Trinajstić information content (AvgIpc) is 2.75. The topological polar surface area (TPSA) is 55.8 Å². The Morgan fingerprint density at radius 1 is 1.03 bits per heavy atom. The van der Waals surface area contributed by atoms with E-state index in [-0.39, 0.29) is 23.6 Å². The monoisotopic (exact) mass is 531 g/mol. The molecule has 0 atom stereocenters. The molecule has 0 radical (unpaired) electrons. The number of halogens is 3. The highest BCUT2D eigenvalue weighted by atomic mass is 79.9. The molecule has 0 aliphatic heterocycles. The van der Waals surface area contributed by atoms with Crippen molar-refractivity contribution in [2.24, 2.45) is 0 Å². The predicted molar refractivity (Wildman–Crippen MR) is 125 cm³/mol. The Bertz CT molecular complexity index is 933. The molecule has 2 rings (SSSR count). The Kier molecular flexibility index (Phi) is 10.0. The van der Waals surface area contributed by atoms with Gasteiger partial charge in [-0.3, -0.25) is 9.36 Å². The van der Waals surface area contributed by atoms with E-state index in [0.29, 0.717) is 25.9 Å². The number of nitrogens with zero attached hydrogens (tertiary/aromatic N) is 1. The van der Waals surface area contributed by atoms with Gasteiger partial charge in [0.25, 0.3) is 0 Å². The van der Waals surface area contributed by atoms with Crippen LogP contribution >= 0.6 is 23.5 Å². The third kappa shape index (κ3) is 6.47. The second-order valence-corrected chi connectivity index (χ2v) is 10.0. The van der Waals surface area contributed by atoms with Crippen LogP contribution in [0.2, 0.25) is 0 Å². The number of likely N-dealkylation sites (N-methyl/N-ethyl adjacent to an activating group) is 1. The number of benzene rings is 2. The van der Waals surface area contributed by atoms with Crippen molar-refractivity contribution in [1.29, 1.82) is 0 Å². The molecule has 0 aliphatic carbocycles. The molecule has 9 heteroatoms. The van der Waals surface area contributed by atoms with Crippen molar-refractivity contribution in [3.05, 3.63) is 69.7 Å². The minimum absolute atomic E-state index is 0.00952. The lowest BCUT2D eigenvalue weighted by atomic mass is 10.1. The molecule has 1 amide bonds. The highest BCUT2D eigenvalue weighted by Crippen LogP contribution is 2.67. The van der Waals surface area contributed by atoms with E-state index in [9.17, 15) is 9.36 Å². The summed E-state index contributed by atoms with van der Waals surface area (Å²) < 4.78 is 52.6. The maximum Gasteiger partial charge on any atom is 0.404 e. The van der Waals surface area contributed by atoms with Crippen LogP contribution in [0.4, 0.5) is 8.78 Å². The fourth-order valence-electron chi connectivity index (χ4n) is 3.25. The van der Waals surface area contributed by atoms with Crippen LogP contribution in [0.5, 0.6) is 0 Å². The highest BCUT2D eigenvalue weighted by Gasteiger charge is 2.55. The van der Waals surface area contributed by atoms with Crippen LogP contribution in [0.3, 0.4) is 0 Å². The minimum atomic E-state index is -4.68. The average molecular weight is 532 g/mol. The lowest BCUT2D eigenvalue weighted by molar-refractivity contribution is -0.130. The summed E-state index contributed by atoms with van der Waals surface area (Å²) >= 11 is 3.18. The zero-order valence-corrected chi connectivity index (χ0v) is 21.0. The van der Waals surface area contributed by atoms with Gasteiger partial charge in [-0.2, -0.15) is 8.78 Å². The van der Waals surface area contributed by atoms with Crippen molar-refractivity contribution >= 4 is 29.4 Å². The van der Waals surface area contributed by atoms with Gasteiger partial charge in [0.05, 0.1) is 19.6 Å². The van der Waals surface area contributed by atoms with Crippen LogP contribution in [0.15, 0.2) is 53.0 Å². The van der Waals surface area contributed by atoms with E-state index in [1.54, 1.807) is 17.0 Å². The van der Waals surface area contributed by atoms with Gasteiger partial charge in [0.1, 0.15) is 0 Å². The first-order chi connectivity index (χ1) is 15.2. The zero-order valence-electron chi connectivity index (χ0n) is 18.5. The lowest BCUT2D eigenvalue weighted by Gasteiger charge is -2.27. The molecule has 0 aromatic heterocycles. The molecular formula is C23H29BrF2NO4P. The molecule has 5 nitrogen and oxygen atoms in total. The van der Waals surface area contributed by atoms with Gasteiger partial charge in [-0.25, -0.2) is 0 Å². The van der Waals surface area contributed by atoms with Gasteiger partial charge in [-0.05, 0) is 44.4 Å². The van der Waals surface area contributed by atoms with Crippen molar-refractivity contribution in [3.8, 4) is 0 Å². The molecule has 2 aromatic carbocycles. The van der Waals surface area contributed by atoms with Crippen molar-refractivity contribution in [1.82, 2.24) is 4.90 Å². The second-order valence-electron chi connectivity index (χ2n) is 7.07. The summed E-state index contributed by atoms with van der Waals surface area (Å²) in [5.74, 6) is 0.00952. The van der Waals surface area contributed by atoms with Crippen molar-refractivity contribution in [2.75, 3.05) is 26.3 Å². The van der Waals surface area contributed by atoms with E-state index in [2.05, 4.69) is 15.9 Å².